The van der Waals surface area contributed by atoms with Gasteiger partial charge in [-0.1, -0.05) is 48.5 Å². The molecule has 2 rings (SSSR count). The fourth-order valence-corrected chi connectivity index (χ4v) is 3.57. The fraction of sp³-hybridized carbons (Fsp3) is 0.250. The van der Waals surface area contributed by atoms with Gasteiger partial charge in [-0.15, -0.1) is 0 Å². The van der Waals surface area contributed by atoms with Crippen molar-refractivity contribution >= 4 is 39.3 Å². The molecule has 0 spiro atoms. The molecule has 0 radical (unpaired) electrons. The van der Waals surface area contributed by atoms with E-state index in [1.165, 1.54) is 4.90 Å². The molecule has 2 N–H and O–H groups in total. The van der Waals surface area contributed by atoms with Gasteiger partial charge in [-0.2, -0.15) is 0 Å². The van der Waals surface area contributed by atoms with Crippen LogP contribution in [-0.2, 0) is 6.42 Å². The minimum atomic E-state index is 0.175. The SMILES string of the molecule is CCC(N)Cc1ccc(Sc2ccccc2Br)cc1Cl. The van der Waals surface area contributed by atoms with E-state index in [0.29, 0.717) is 0 Å². The maximum absolute atomic E-state index is 6.36. The van der Waals surface area contributed by atoms with Gasteiger partial charge in [0.25, 0.3) is 0 Å². The van der Waals surface area contributed by atoms with E-state index < -0.39 is 0 Å². The molecule has 106 valence electrons. The molecule has 0 fully saturated rings. The van der Waals surface area contributed by atoms with E-state index in [2.05, 4.69) is 41.1 Å². The molecule has 0 saturated heterocycles. The summed E-state index contributed by atoms with van der Waals surface area (Å²) in [4.78, 5) is 2.32. The molecule has 0 aliphatic rings. The van der Waals surface area contributed by atoms with Crippen LogP contribution in [0.1, 0.15) is 18.9 Å². The van der Waals surface area contributed by atoms with Crippen molar-refractivity contribution in [2.45, 2.75) is 35.6 Å². The Morgan fingerprint density at radius 1 is 1.25 bits per heavy atom. The summed E-state index contributed by atoms with van der Waals surface area (Å²) in [5, 5.41) is 0.797. The molecule has 1 nitrogen and oxygen atoms in total. The maximum atomic E-state index is 6.36. The second-order valence-corrected chi connectivity index (χ2v) is 7.04. The molecule has 0 aliphatic carbocycles. The second-order valence-electron chi connectivity index (χ2n) is 4.66. The third kappa shape index (κ3) is 4.26. The van der Waals surface area contributed by atoms with E-state index in [-0.39, 0.29) is 6.04 Å². The van der Waals surface area contributed by atoms with Crippen LogP contribution in [0.4, 0.5) is 0 Å². The molecule has 1 unspecified atom stereocenters. The van der Waals surface area contributed by atoms with Crippen molar-refractivity contribution < 1.29 is 0 Å². The molecule has 0 bridgehead atoms. The van der Waals surface area contributed by atoms with Gasteiger partial charge in [0, 0.05) is 25.3 Å². The van der Waals surface area contributed by atoms with Gasteiger partial charge < -0.3 is 5.73 Å². The van der Waals surface area contributed by atoms with E-state index >= 15 is 0 Å². The summed E-state index contributed by atoms with van der Waals surface area (Å²) in [5.41, 5.74) is 7.11. The van der Waals surface area contributed by atoms with Gasteiger partial charge in [0.2, 0.25) is 0 Å². The largest absolute Gasteiger partial charge is 0.327 e. The second kappa shape index (κ2) is 7.51. The molecular weight excluding hydrogens is 354 g/mol. The maximum Gasteiger partial charge on any atom is 0.0449 e. The van der Waals surface area contributed by atoms with Crippen LogP contribution >= 0.6 is 39.3 Å². The van der Waals surface area contributed by atoms with Crippen molar-refractivity contribution in [2.75, 3.05) is 0 Å². The average molecular weight is 371 g/mol. The van der Waals surface area contributed by atoms with Crippen LogP contribution in [0.2, 0.25) is 5.02 Å². The van der Waals surface area contributed by atoms with Crippen molar-refractivity contribution in [1.82, 2.24) is 0 Å². The summed E-state index contributed by atoms with van der Waals surface area (Å²) < 4.78 is 1.10. The Kier molecular flexibility index (Phi) is 5.97. The summed E-state index contributed by atoms with van der Waals surface area (Å²) in [7, 11) is 0. The topological polar surface area (TPSA) is 26.0 Å². The number of benzene rings is 2. The van der Waals surface area contributed by atoms with Crippen molar-refractivity contribution in [2.24, 2.45) is 5.73 Å². The number of hydrogen-bond acceptors (Lipinski definition) is 2. The van der Waals surface area contributed by atoms with Crippen LogP contribution < -0.4 is 5.73 Å². The Hall–Kier alpha value is -0.480. The van der Waals surface area contributed by atoms with Crippen LogP contribution in [0.15, 0.2) is 56.7 Å². The Morgan fingerprint density at radius 2 is 2.00 bits per heavy atom. The molecule has 20 heavy (non-hydrogen) atoms. The van der Waals surface area contributed by atoms with Crippen molar-refractivity contribution in [3.63, 3.8) is 0 Å². The van der Waals surface area contributed by atoms with Crippen LogP contribution in [0.25, 0.3) is 0 Å². The number of hydrogen-bond donors (Lipinski definition) is 1. The van der Waals surface area contributed by atoms with E-state index in [1.807, 2.05) is 24.3 Å². The van der Waals surface area contributed by atoms with Gasteiger partial charge in [0.1, 0.15) is 0 Å². The first kappa shape index (κ1) is 15.9. The molecule has 1 atom stereocenters. The predicted molar refractivity (Wildman–Crippen MR) is 91.7 cm³/mol. The van der Waals surface area contributed by atoms with Gasteiger partial charge in [-0.3, -0.25) is 0 Å². The van der Waals surface area contributed by atoms with Gasteiger partial charge in [0.05, 0.1) is 0 Å². The number of rotatable bonds is 5. The predicted octanol–water partition coefficient (Wildman–Crippen LogP) is 5.53. The summed E-state index contributed by atoms with van der Waals surface area (Å²) in [5.74, 6) is 0. The molecular formula is C16H17BrClNS. The zero-order chi connectivity index (χ0) is 14.5. The first-order valence-corrected chi connectivity index (χ1v) is 8.55. The lowest BCUT2D eigenvalue weighted by Gasteiger charge is -2.11. The minimum absolute atomic E-state index is 0.175. The lowest BCUT2D eigenvalue weighted by Crippen LogP contribution is -2.21. The lowest BCUT2D eigenvalue weighted by atomic mass is 10.1. The van der Waals surface area contributed by atoms with Crippen LogP contribution in [-0.4, -0.2) is 6.04 Å². The Bertz CT molecular complexity index is 588. The highest BCUT2D eigenvalue weighted by molar-refractivity contribution is 9.10. The highest BCUT2D eigenvalue weighted by Gasteiger charge is 2.08. The zero-order valence-corrected chi connectivity index (χ0v) is 14.4. The average Bonchev–Trinajstić information content (AvgIpc) is 2.44. The third-order valence-electron chi connectivity index (χ3n) is 3.10. The molecule has 2 aromatic carbocycles. The third-order valence-corrected chi connectivity index (χ3v) is 5.47. The molecule has 0 heterocycles. The smallest absolute Gasteiger partial charge is 0.0449 e. The summed E-state index contributed by atoms with van der Waals surface area (Å²) in [6.45, 7) is 2.09. The lowest BCUT2D eigenvalue weighted by molar-refractivity contribution is 0.646. The quantitative estimate of drug-likeness (QED) is 0.748. The monoisotopic (exact) mass is 369 g/mol. The van der Waals surface area contributed by atoms with Crippen LogP contribution in [0, 0.1) is 0 Å². The fourth-order valence-electron chi connectivity index (χ4n) is 1.84. The number of nitrogens with two attached hydrogens (primary N) is 1. The standard InChI is InChI=1S/C16H17BrClNS/c1-2-12(19)9-11-7-8-13(10-15(11)18)20-16-6-4-3-5-14(16)17/h3-8,10,12H,2,9,19H2,1H3. The Morgan fingerprint density at radius 3 is 2.65 bits per heavy atom. The van der Waals surface area contributed by atoms with Crippen molar-refractivity contribution in [1.29, 1.82) is 0 Å². The molecule has 0 amide bonds. The summed E-state index contributed by atoms with van der Waals surface area (Å²) in [6, 6.07) is 14.5. The van der Waals surface area contributed by atoms with Gasteiger partial charge >= 0.3 is 0 Å². The minimum Gasteiger partial charge on any atom is -0.327 e. The van der Waals surface area contributed by atoms with E-state index in [4.69, 9.17) is 17.3 Å². The molecule has 0 aliphatic heterocycles. The first-order valence-electron chi connectivity index (χ1n) is 6.56. The van der Waals surface area contributed by atoms with Crippen LogP contribution in [0.5, 0.6) is 0 Å². The summed E-state index contributed by atoms with van der Waals surface area (Å²) in [6.07, 6.45) is 1.79. The highest BCUT2D eigenvalue weighted by Crippen LogP contribution is 2.35. The highest BCUT2D eigenvalue weighted by atomic mass is 79.9. The van der Waals surface area contributed by atoms with Gasteiger partial charge in [0.15, 0.2) is 0 Å². The van der Waals surface area contributed by atoms with Gasteiger partial charge in [-0.05, 0) is 58.6 Å². The summed E-state index contributed by atoms with van der Waals surface area (Å²) >= 11 is 11.6. The van der Waals surface area contributed by atoms with Gasteiger partial charge in [-0.25, -0.2) is 0 Å². The van der Waals surface area contributed by atoms with Crippen molar-refractivity contribution in [3.8, 4) is 0 Å². The van der Waals surface area contributed by atoms with E-state index in [9.17, 15) is 0 Å². The zero-order valence-electron chi connectivity index (χ0n) is 11.3. The van der Waals surface area contributed by atoms with E-state index in [0.717, 1.165) is 32.8 Å². The number of halogens is 2. The first-order chi connectivity index (χ1) is 9.60. The molecule has 0 aromatic heterocycles. The van der Waals surface area contributed by atoms with Crippen molar-refractivity contribution in [3.05, 3.63) is 57.5 Å². The Labute approximate surface area is 138 Å². The van der Waals surface area contributed by atoms with E-state index in [1.54, 1.807) is 11.8 Å². The molecule has 4 heteroatoms. The Balaban J connectivity index is 2.15. The normalized spacial score (nSPS) is 12.4. The van der Waals surface area contributed by atoms with Crippen LogP contribution in [0.3, 0.4) is 0 Å². The molecule has 0 saturated carbocycles. The molecule has 2 aromatic rings.